The van der Waals surface area contributed by atoms with Crippen LogP contribution in [0.5, 0.6) is 0 Å². The van der Waals surface area contributed by atoms with Gasteiger partial charge in [-0.2, -0.15) is 27.0 Å². The van der Waals surface area contributed by atoms with Crippen molar-refractivity contribution in [3.05, 3.63) is 81.8 Å². The number of rotatable bonds is 13. The average Bonchev–Trinajstić information content (AvgIpc) is 3.62. The Balaban J connectivity index is 0.00000337. The van der Waals surface area contributed by atoms with Crippen LogP contribution >= 0.6 is 49.7 Å². The van der Waals surface area contributed by atoms with Gasteiger partial charge >= 0.3 is 11.9 Å². The zero-order chi connectivity index (χ0) is 29.9. The molecule has 2 atom stereocenters. The molecule has 0 fully saturated rings. The molecule has 0 bridgehead atoms. The molecule has 2 amide bonds. The van der Waals surface area contributed by atoms with Gasteiger partial charge in [-0.05, 0) is 12.8 Å². The molecular formula is C28H32N6O6S4. The molecular weight excluding hydrogens is 645 g/mol. The molecule has 44 heavy (non-hydrogen) atoms. The lowest BCUT2D eigenvalue weighted by Crippen LogP contribution is -2.25. The number of aromatic nitrogens is 4. The number of ether oxygens (including phenoxy) is 2. The molecule has 16 heteroatoms. The summed E-state index contributed by atoms with van der Waals surface area (Å²) in [6, 6.07) is 17.5. The van der Waals surface area contributed by atoms with Gasteiger partial charge in [-0.15, -0.1) is 20.4 Å². The van der Waals surface area contributed by atoms with Crippen LogP contribution in [0.2, 0.25) is 0 Å². The van der Waals surface area contributed by atoms with Gasteiger partial charge in [0.2, 0.25) is 22.5 Å². The second-order valence-corrected chi connectivity index (χ2v) is 11.1. The Morgan fingerprint density at radius 2 is 1.00 bits per heavy atom. The fraction of sp³-hybridized carbons (Fsp3) is 0.286. The minimum atomic E-state index is -1.09. The summed E-state index contributed by atoms with van der Waals surface area (Å²) in [6.07, 6.45) is 0.664. The van der Waals surface area contributed by atoms with Gasteiger partial charge in [0, 0.05) is 37.8 Å². The van der Waals surface area contributed by atoms with Crippen molar-refractivity contribution in [3.8, 4) is 0 Å². The molecule has 2 heterocycles. The van der Waals surface area contributed by atoms with Gasteiger partial charge < -0.3 is 9.47 Å². The summed E-state index contributed by atoms with van der Waals surface area (Å²) in [6.45, 7) is 2.50. The van der Waals surface area contributed by atoms with E-state index in [0.717, 1.165) is 22.9 Å². The Hall–Kier alpha value is -3.86. The van der Waals surface area contributed by atoms with Gasteiger partial charge in [0.15, 0.2) is 0 Å². The van der Waals surface area contributed by atoms with Gasteiger partial charge in [-0.25, -0.2) is 0 Å². The van der Waals surface area contributed by atoms with Crippen molar-refractivity contribution in [1.82, 2.24) is 20.4 Å². The standard InChI is InChI=1S/C28H28N6O6S2.2H2S/c1-17(35)39-23(19-11-5-3-6-12-19)25(37)29-27-33-31-21(41-27)15-9-10-16-22-32-34-28(42-22)30-26(38)24(40-18(2)36)20-13-7-4-8-14-20;;/h3-8,11-14,23-24H,9-10,15-16H2,1-2H3,(H,29,33,37)(H,30,34,38);2*1H2/t23-,24-;;/m0../s1. The molecule has 0 saturated heterocycles. The maximum atomic E-state index is 12.8. The predicted molar refractivity (Wildman–Crippen MR) is 176 cm³/mol. The van der Waals surface area contributed by atoms with Crippen molar-refractivity contribution in [2.45, 2.75) is 51.7 Å². The smallest absolute Gasteiger partial charge is 0.303 e. The fourth-order valence-corrected chi connectivity index (χ4v) is 5.41. The molecule has 0 spiro atoms. The summed E-state index contributed by atoms with van der Waals surface area (Å²) in [5, 5.41) is 23.8. The van der Waals surface area contributed by atoms with Crippen LogP contribution in [-0.2, 0) is 41.5 Å². The third kappa shape index (κ3) is 11.0. The van der Waals surface area contributed by atoms with Gasteiger partial charge in [0.05, 0.1) is 0 Å². The number of amides is 2. The third-order valence-corrected chi connectivity index (χ3v) is 7.47. The highest BCUT2D eigenvalue weighted by Crippen LogP contribution is 2.25. The molecule has 0 aliphatic carbocycles. The minimum absolute atomic E-state index is 0. The van der Waals surface area contributed by atoms with Crippen molar-refractivity contribution >= 4 is 83.7 Å². The highest BCUT2D eigenvalue weighted by molar-refractivity contribution is 7.59. The van der Waals surface area contributed by atoms with E-state index < -0.39 is 36.0 Å². The van der Waals surface area contributed by atoms with Crippen molar-refractivity contribution < 1.29 is 28.7 Å². The molecule has 2 N–H and O–H groups in total. The maximum absolute atomic E-state index is 12.8. The first-order valence-electron chi connectivity index (χ1n) is 13.0. The van der Waals surface area contributed by atoms with E-state index in [2.05, 4.69) is 31.0 Å². The lowest BCUT2D eigenvalue weighted by Gasteiger charge is -2.15. The summed E-state index contributed by atoms with van der Waals surface area (Å²) < 4.78 is 10.4. The van der Waals surface area contributed by atoms with E-state index in [0.29, 0.717) is 34.2 Å². The number of anilines is 2. The van der Waals surface area contributed by atoms with E-state index >= 15 is 0 Å². The van der Waals surface area contributed by atoms with E-state index in [1.165, 1.54) is 36.5 Å². The highest BCUT2D eigenvalue weighted by Gasteiger charge is 2.26. The lowest BCUT2D eigenvalue weighted by atomic mass is 10.1. The zero-order valence-corrected chi connectivity index (χ0v) is 27.4. The molecule has 0 radical (unpaired) electrons. The normalized spacial score (nSPS) is 11.6. The number of aryl methyl sites for hydroxylation is 2. The fourth-order valence-electron chi connectivity index (χ4n) is 3.84. The summed E-state index contributed by atoms with van der Waals surface area (Å²) >= 11 is 2.50. The molecule has 0 aliphatic heterocycles. The molecule has 2 aromatic carbocycles. The van der Waals surface area contributed by atoms with E-state index in [1.54, 1.807) is 60.7 Å². The highest BCUT2D eigenvalue weighted by atomic mass is 32.1. The number of nitrogens with zero attached hydrogens (tertiary/aromatic N) is 4. The second-order valence-electron chi connectivity index (χ2n) is 8.99. The number of esters is 2. The number of carbonyl (C=O) groups excluding carboxylic acids is 4. The number of hydrogen-bond acceptors (Lipinski definition) is 12. The van der Waals surface area contributed by atoms with Crippen molar-refractivity contribution in [2.75, 3.05) is 10.6 Å². The van der Waals surface area contributed by atoms with Crippen molar-refractivity contribution in [1.29, 1.82) is 0 Å². The van der Waals surface area contributed by atoms with Crippen LogP contribution in [0.3, 0.4) is 0 Å². The molecule has 0 saturated carbocycles. The van der Waals surface area contributed by atoms with Crippen LogP contribution in [0.25, 0.3) is 0 Å². The van der Waals surface area contributed by atoms with Crippen LogP contribution in [0.4, 0.5) is 10.3 Å². The van der Waals surface area contributed by atoms with Crippen LogP contribution in [-0.4, -0.2) is 44.1 Å². The molecule has 0 aliphatic rings. The van der Waals surface area contributed by atoms with E-state index in [1.807, 2.05) is 0 Å². The first-order valence-corrected chi connectivity index (χ1v) is 14.6. The average molecular weight is 677 g/mol. The summed E-state index contributed by atoms with van der Waals surface area (Å²) in [5.74, 6) is -2.16. The molecule has 4 rings (SSSR count). The predicted octanol–water partition coefficient (Wildman–Crippen LogP) is 4.67. The van der Waals surface area contributed by atoms with E-state index in [-0.39, 0.29) is 27.0 Å². The topological polar surface area (TPSA) is 162 Å². The largest absolute Gasteiger partial charge is 0.447 e. The maximum Gasteiger partial charge on any atom is 0.303 e. The Morgan fingerprint density at radius 3 is 1.34 bits per heavy atom. The van der Waals surface area contributed by atoms with Crippen molar-refractivity contribution in [3.63, 3.8) is 0 Å². The number of nitrogens with one attached hydrogen (secondary N) is 2. The van der Waals surface area contributed by atoms with E-state index in [4.69, 9.17) is 9.47 Å². The Bertz CT molecular complexity index is 1410. The second kappa shape index (κ2) is 18.1. The van der Waals surface area contributed by atoms with Gasteiger partial charge in [0.25, 0.3) is 11.8 Å². The van der Waals surface area contributed by atoms with Gasteiger partial charge in [0.1, 0.15) is 10.0 Å². The number of carbonyl (C=O) groups is 4. The first kappa shape index (κ1) is 36.3. The number of benzene rings is 2. The lowest BCUT2D eigenvalue weighted by molar-refractivity contribution is -0.152. The SMILES string of the molecule is CC(=O)O[C@H](C(=O)Nc1nnc(CCCCc2nnc(NC(=O)[C@@H](OC(C)=O)c3ccccc3)s2)s1)c1ccccc1.S.S. The van der Waals surface area contributed by atoms with Crippen molar-refractivity contribution in [2.24, 2.45) is 0 Å². The van der Waals surface area contributed by atoms with Gasteiger partial charge in [-0.3, -0.25) is 29.8 Å². The van der Waals surface area contributed by atoms with Crippen LogP contribution in [0, 0.1) is 0 Å². The number of unbranched alkanes of at least 4 members (excludes halogenated alkanes) is 1. The van der Waals surface area contributed by atoms with Gasteiger partial charge in [-0.1, -0.05) is 83.3 Å². The van der Waals surface area contributed by atoms with Crippen LogP contribution < -0.4 is 10.6 Å². The monoisotopic (exact) mass is 676 g/mol. The summed E-state index contributed by atoms with van der Waals surface area (Å²) in [4.78, 5) is 48.6. The molecule has 4 aromatic rings. The summed E-state index contributed by atoms with van der Waals surface area (Å²) in [7, 11) is 0. The molecule has 0 unspecified atom stereocenters. The van der Waals surface area contributed by atoms with E-state index in [9.17, 15) is 19.2 Å². The Labute approximate surface area is 275 Å². The molecule has 234 valence electrons. The third-order valence-electron chi connectivity index (χ3n) is 5.67. The van der Waals surface area contributed by atoms with Crippen LogP contribution in [0.1, 0.15) is 60.0 Å². The Morgan fingerprint density at radius 1 is 0.636 bits per heavy atom. The first-order chi connectivity index (χ1) is 20.3. The summed E-state index contributed by atoms with van der Waals surface area (Å²) in [5.41, 5.74) is 1.10. The zero-order valence-electron chi connectivity index (χ0n) is 23.8. The van der Waals surface area contributed by atoms with Crippen LogP contribution in [0.15, 0.2) is 60.7 Å². The quantitative estimate of drug-likeness (QED) is 0.150. The minimum Gasteiger partial charge on any atom is -0.447 e. The molecule has 12 nitrogen and oxygen atoms in total. The molecule has 2 aromatic heterocycles. The number of hydrogen-bond donors (Lipinski definition) is 2. The Kier molecular flexibility index (Phi) is 14.9.